The van der Waals surface area contributed by atoms with Gasteiger partial charge in [0.15, 0.2) is 5.69 Å². The van der Waals surface area contributed by atoms with Gasteiger partial charge in [-0.3, -0.25) is 0 Å². The third-order valence-electron chi connectivity index (χ3n) is 4.11. The zero-order valence-corrected chi connectivity index (χ0v) is 11.4. The predicted octanol–water partition coefficient (Wildman–Crippen LogP) is 3.21. The zero-order valence-electron chi connectivity index (χ0n) is 11.4. The first-order chi connectivity index (χ1) is 10.2. The van der Waals surface area contributed by atoms with Gasteiger partial charge in [0.25, 0.3) is 0 Å². The Kier molecular flexibility index (Phi) is 2.57. The lowest BCUT2D eigenvalue weighted by molar-refractivity contribution is 0.0689. The largest absolute Gasteiger partial charge is 0.476 e. The van der Waals surface area contributed by atoms with E-state index in [1.165, 1.54) is 5.39 Å². The number of hydrogen-bond acceptors (Lipinski definition) is 2. The van der Waals surface area contributed by atoms with Gasteiger partial charge in [0.05, 0.1) is 5.69 Å². The van der Waals surface area contributed by atoms with Crippen molar-refractivity contribution in [1.82, 2.24) is 9.78 Å². The summed E-state index contributed by atoms with van der Waals surface area (Å²) in [5.74, 6) is -0.937. The average molecular weight is 278 g/mol. The standard InChI is InChI=1S/C17H14N2O2/c20-17(21)16-14-6-3-7-15(14)19(18-16)13-9-8-11-4-1-2-5-12(11)10-13/h1-2,4-5,8-10H,3,6-7H2,(H,20,21). The summed E-state index contributed by atoms with van der Waals surface area (Å²) in [6.45, 7) is 0. The average Bonchev–Trinajstić information content (AvgIpc) is 3.08. The molecule has 4 rings (SSSR count). The smallest absolute Gasteiger partial charge is 0.356 e. The molecule has 0 unspecified atom stereocenters. The second-order valence-corrected chi connectivity index (χ2v) is 5.38. The summed E-state index contributed by atoms with van der Waals surface area (Å²) in [7, 11) is 0. The van der Waals surface area contributed by atoms with Crippen molar-refractivity contribution < 1.29 is 9.90 Å². The van der Waals surface area contributed by atoms with Crippen LogP contribution in [0.1, 0.15) is 28.2 Å². The minimum atomic E-state index is -0.937. The van der Waals surface area contributed by atoms with E-state index in [0.717, 1.165) is 41.6 Å². The number of aromatic carboxylic acids is 1. The van der Waals surface area contributed by atoms with Crippen molar-refractivity contribution in [2.24, 2.45) is 0 Å². The molecule has 4 heteroatoms. The molecule has 4 nitrogen and oxygen atoms in total. The number of aromatic nitrogens is 2. The number of carbonyl (C=O) groups is 1. The maximum atomic E-state index is 11.3. The molecule has 0 atom stereocenters. The fraction of sp³-hybridized carbons (Fsp3) is 0.176. The van der Waals surface area contributed by atoms with Crippen LogP contribution in [0.15, 0.2) is 42.5 Å². The first-order valence-corrected chi connectivity index (χ1v) is 7.07. The molecule has 104 valence electrons. The number of benzene rings is 2. The molecular formula is C17H14N2O2. The van der Waals surface area contributed by atoms with Crippen molar-refractivity contribution in [3.05, 3.63) is 59.4 Å². The Morgan fingerprint density at radius 3 is 2.71 bits per heavy atom. The minimum absolute atomic E-state index is 0.204. The second kappa shape index (κ2) is 4.45. The lowest BCUT2D eigenvalue weighted by atomic mass is 10.1. The Bertz CT molecular complexity index is 864. The topological polar surface area (TPSA) is 55.1 Å². The van der Waals surface area contributed by atoms with Crippen LogP contribution >= 0.6 is 0 Å². The summed E-state index contributed by atoms with van der Waals surface area (Å²) in [5, 5.41) is 15.9. The lowest BCUT2D eigenvalue weighted by Crippen LogP contribution is -2.04. The highest BCUT2D eigenvalue weighted by molar-refractivity contribution is 5.88. The third kappa shape index (κ3) is 1.83. The maximum Gasteiger partial charge on any atom is 0.356 e. The summed E-state index contributed by atoms with van der Waals surface area (Å²) in [6, 6.07) is 14.2. The van der Waals surface area contributed by atoms with Crippen LogP contribution in [0.3, 0.4) is 0 Å². The molecule has 3 aromatic rings. The van der Waals surface area contributed by atoms with Crippen molar-refractivity contribution in [2.45, 2.75) is 19.3 Å². The van der Waals surface area contributed by atoms with Crippen LogP contribution in [-0.4, -0.2) is 20.9 Å². The first kappa shape index (κ1) is 12.1. The van der Waals surface area contributed by atoms with Gasteiger partial charge in [0.2, 0.25) is 0 Å². The van der Waals surface area contributed by atoms with Crippen LogP contribution in [0.5, 0.6) is 0 Å². The number of rotatable bonds is 2. The maximum absolute atomic E-state index is 11.3. The highest BCUT2D eigenvalue weighted by Crippen LogP contribution is 2.28. The molecular weight excluding hydrogens is 264 g/mol. The van der Waals surface area contributed by atoms with Gasteiger partial charge in [-0.1, -0.05) is 30.3 Å². The van der Waals surface area contributed by atoms with Gasteiger partial charge in [-0.25, -0.2) is 9.48 Å². The van der Waals surface area contributed by atoms with E-state index in [1.54, 1.807) is 4.68 Å². The van der Waals surface area contributed by atoms with Gasteiger partial charge in [-0.2, -0.15) is 5.10 Å². The molecule has 1 aromatic heterocycles. The summed E-state index contributed by atoms with van der Waals surface area (Å²) in [6.07, 6.45) is 2.70. The van der Waals surface area contributed by atoms with Crippen molar-refractivity contribution in [3.63, 3.8) is 0 Å². The van der Waals surface area contributed by atoms with Crippen molar-refractivity contribution in [3.8, 4) is 5.69 Å². The van der Waals surface area contributed by atoms with Crippen LogP contribution in [0.4, 0.5) is 0 Å². The summed E-state index contributed by atoms with van der Waals surface area (Å²) in [4.78, 5) is 11.3. The predicted molar refractivity (Wildman–Crippen MR) is 80.1 cm³/mol. The molecule has 0 aliphatic heterocycles. The Morgan fingerprint density at radius 1 is 1.10 bits per heavy atom. The van der Waals surface area contributed by atoms with Gasteiger partial charge in [0.1, 0.15) is 0 Å². The molecule has 0 fully saturated rings. The molecule has 1 heterocycles. The Hall–Kier alpha value is -2.62. The van der Waals surface area contributed by atoms with Gasteiger partial charge in [0, 0.05) is 11.3 Å². The number of carboxylic acids is 1. The van der Waals surface area contributed by atoms with Crippen LogP contribution < -0.4 is 0 Å². The molecule has 0 saturated carbocycles. The molecule has 0 amide bonds. The van der Waals surface area contributed by atoms with Crippen LogP contribution in [-0.2, 0) is 12.8 Å². The molecule has 21 heavy (non-hydrogen) atoms. The molecule has 0 bridgehead atoms. The normalized spacial score (nSPS) is 13.5. The number of fused-ring (bicyclic) bond motifs is 2. The van der Waals surface area contributed by atoms with Gasteiger partial charge >= 0.3 is 5.97 Å². The monoisotopic (exact) mass is 278 g/mol. The van der Waals surface area contributed by atoms with Gasteiger partial charge in [-0.15, -0.1) is 0 Å². The van der Waals surface area contributed by atoms with Crippen LogP contribution in [0, 0.1) is 0 Å². The SMILES string of the molecule is O=C(O)c1nn(-c2ccc3ccccc3c2)c2c1CCC2. The summed E-state index contributed by atoms with van der Waals surface area (Å²) in [5.41, 5.74) is 3.08. The Labute approximate surface area is 121 Å². The third-order valence-corrected chi connectivity index (χ3v) is 4.11. The Morgan fingerprint density at radius 2 is 1.90 bits per heavy atom. The molecule has 1 aliphatic rings. The van der Waals surface area contributed by atoms with E-state index < -0.39 is 5.97 Å². The molecule has 0 saturated heterocycles. The van der Waals surface area contributed by atoms with E-state index in [1.807, 2.05) is 24.3 Å². The number of carboxylic acid groups (broad SMARTS) is 1. The fourth-order valence-electron chi connectivity index (χ4n) is 3.13. The summed E-state index contributed by atoms with van der Waals surface area (Å²) < 4.78 is 1.80. The van der Waals surface area contributed by atoms with Crippen molar-refractivity contribution >= 4 is 16.7 Å². The fourth-order valence-corrected chi connectivity index (χ4v) is 3.13. The molecule has 0 radical (unpaired) electrons. The lowest BCUT2D eigenvalue weighted by Gasteiger charge is -2.07. The zero-order chi connectivity index (χ0) is 14.4. The van der Waals surface area contributed by atoms with E-state index in [2.05, 4.69) is 23.3 Å². The quantitative estimate of drug-likeness (QED) is 0.783. The molecule has 0 spiro atoms. The Balaban J connectivity index is 1.92. The van der Waals surface area contributed by atoms with Crippen LogP contribution in [0.25, 0.3) is 16.5 Å². The van der Waals surface area contributed by atoms with Crippen LogP contribution in [0.2, 0.25) is 0 Å². The number of nitrogens with zero attached hydrogens (tertiary/aromatic N) is 2. The van der Waals surface area contributed by atoms with Crippen molar-refractivity contribution in [1.29, 1.82) is 0 Å². The van der Waals surface area contributed by atoms with Gasteiger partial charge < -0.3 is 5.11 Å². The minimum Gasteiger partial charge on any atom is -0.476 e. The van der Waals surface area contributed by atoms with Crippen molar-refractivity contribution in [2.75, 3.05) is 0 Å². The van der Waals surface area contributed by atoms with E-state index in [0.29, 0.717) is 0 Å². The number of hydrogen-bond donors (Lipinski definition) is 1. The molecule has 1 aliphatic carbocycles. The van der Waals surface area contributed by atoms with E-state index in [-0.39, 0.29) is 5.69 Å². The molecule has 1 N–H and O–H groups in total. The molecule has 2 aromatic carbocycles. The van der Waals surface area contributed by atoms with E-state index in [4.69, 9.17) is 0 Å². The highest BCUT2D eigenvalue weighted by Gasteiger charge is 2.26. The van der Waals surface area contributed by atoms with E-state index >= 15 is 0 Å². The summed E-state index contributed by atoms with van der Waals surface area (Å²) >= 11 is 0. The highest BCUT2D eigenvalue weighted by atomic mass is 16.4. The first-order valence-electron chi connectivity index (χ1n) is 7.07. The second-order valence-electron chi connectivity index (χ2n) is 5.38. The van der Waals surface area contributed by atoms with E-state index in [9.17, 15) is 9.90 Å². The van der Waals surface area contributed by atoms with Gasteiger partial charge in [-0.05, 0) is 42.2 Å².